The molecule has 0 spiro atoms. The molecule has 0 amide bonds. The standard InChI is InChI=1S/C13H12BrClO2S/c1-17-12-4-5-18-13(12)11(16)6-8-2-3-9(14)7-10(8)15/h2-5,7,11,16H,6H2,1H3. The molecule has 2 rings (SSSR count). The lowest BCUT2D eigenvalue weighted by molar-refractivity contribution is 0.178. The van der Waals surface area contributed by atoms with E-state index in [1.165, 1.54) is 11.3 Å². The number of ether oxygens (including phenoxy) is 1. The summed E-state index contributed by atoms with van der Waals surface area (Å²) in [4.78, 5) is 0.830. The van der Waals surface area contributed by atoms with Crippen molar-refractivity contribution in [2.45, 2.75) is 12.5 Å². The number of hydrogen-bond donors (Lipinski definition) is 1. The van der Waals surface area contributed by atoms with Gasteiger partial charge in [-0.15, -0.1) is 11.3 Å². The van der Waals surface area contributed by atoms with Crippen molar-refractivity contribution < 1.29 is 9.84 Å². The van der Waals surface area contributed by atoms with Gasteiger partial charge in [-0.1, -0.05) is 33.6 Å². The fourth-order valence-electron chi connectivity index (χ4n) is 1.71. The van der Waals surface area contributed by atoms with Crippen LogP contribution in [0.1, 0.15) is 16.5 Å². The fraction of sp³-hybridized carbons (Fsp3) is 0.231. The summed E-state index contributed by atoms with van der Waals surface area (Å²) < 4.78 is 6.13. The molecule has 0 radical (unpaired) electrons. The molecule has 2 aromatic rings. The molecule has 0 saturated carbocycles. The van der Waals surface area contributed by atoms with Crippen molar-refractivity contribution in [1.29, 1.82) is 0 Å². The second-order valence-corrected chi connectivity index (χ2v) is 6.08. The Morgan fingerprint density at radius 3 is 2.89 bits per heavy atom. The van der Waals surface area contributed by atoms with Crippen LogP contribution < -0.4 is 4.74 Å². The molecule has 2 nitrogen and oxygen atoms in total. The van der Waals surface area contributed by atoms with E-state index >= 15 is 0 Å². The molecule has 1 aromatic carbocycles. The number of hydrogen-bond acceptors (Lipinski definition) is 3. The maximum atomic E-state index is 10.2. The quantitative estimate of drug-likeness (QED) is 0.885. The molecule has 0 fully saturated rings. The fourth-order valence-corrected chi connectivity index (χ4v) is 3.31. The van der Waals surface area contributed by atoms with E-state index in [0.717, 1.165) is 20.7 Å². The van der Waals surface area contributed by atoms with E-state index in [9.17, 15) is 5.11 Å². The summed E-state index contributed by atoms with van der Waals surface area (Å²) in [7, 11) is 1.60. The smallest absolute Gasteiger partial charge is 0.135 e. The molecule has 1 N–H and O–H groups in total. The second-order valence-electron chi connectivity index (χ2n) is 3.81. The van der Waals surface area contributed by atoms with Crippen LogP contribution in [0.25, 0.3) is 0 Å². The topological polar surface area (TPSA) is 29.5 Å². The van der Waals surface area contributed by atoms with Gasteiger partial charge in [0.25, 0.3) is 0 Å². The van der Waals surface area contributed by atoms with E-state index in [2.05, 4.69) is 15.9 Å². The van der Waals surface area contributed by atoms with Crippen LogP contribution in [-0.2, 0) is 6.42 Å². The van der Waals surface area contributed by atoms with Gasteiger partial charge in [0.05, 0.1) is 18.1 Å². The third kappa shape index (κ3) is 3.06. The van der Waals surface area contributed by atoms with Gasteiger partial charge in [-0.2, -0.15) is 0 Å². The Hall–Kier alpha value is -0.550. The van der Waals surface area contributed by atoms with Gasteiger partial charge in [-0.25, -0.2) is 0 Å². The van der Waals surface area contributed by atoms with Crippen LogP contribution in [0.4, 0.5) is 0 Å². The zero-order valence-corrected chi connectivity index (χ0v) is 12.8. The van der Waals surface area contributed by atoms with Gasteiger partial charge < -0.3 is 9.84 Å². The first-order chi connectivity index (χ1) is 8.61. The van der Waals surface area contributed by atoms with Gasteiger partial charge in [0.1, 0.15) is 5.75 Å². The lowest BCUT2D eigenvalue weighted by Crippen LogP contribution is -2.02. The monoisotopic (exact) mass is 346 g/mol. The van der Waals surface area contributed by atoms with Crippen LogP contribution in [0, 0.1) is 0 Å². The zero-order chi connectivity index (χ0) is 13.1. The van der Waals surface area contributed by atoms with Crippen molar-refractivity contribution in [2.24, 2.45) is 0 Å². The first-order valence-electron chi connectivity index (χ1n) is 5.35. The normalized spacial score (nSPS) is 12.4. The summed E-state index contributed by atoms with van der Waals surface area (Å²) in [5.74, 6) is 0.723. The van der Waals surface area contributed by atoms with Crippen LogP contribution in [-0.4, -0.2) is 12.2 Å². The summed E-state index contributed by atoms with van der Waals surface area (Å²) >= 11 is 11.0. The van der Waals surface area contributed by atoms with E-state index in [1.54, 1.807) is 7.11 Å². The van der Waals surface area contributed by atoms with E-state index in [1.807, 2.05) is 29.6 Å². The Labute approximate surface area is 123 Å². The molecule has 96 valence electrons. The summed E-state index contributed by atoms with van der Waals surface area (Å²) in [5, 5.41) is 12.8. The molecular formula is C13H12BrClO2S. The minimum Gasteiger partial charge on any atom is -0.495 e. The van der Waals surface area contributed by atoms with Crippen LogP contribution in [0.15, 0.2) is 34.1 Å². The average Bonchev–Trinajstić information content (AvgIpc) is 2.81. The van der Waals surface area contributed by atoms with E-state index in [-0.39, 0.29) is 0 Å². The zero-order valence-electron chi connectivity index (χ0n) is 9.69. The molecule has 0 aliphatic carbocycles. The van der Waals surface area contributed by atoms with Crippen molar-refractivity contribution >= 4 is 38.9 Å². The highest BCUT2D eigenvalue weighted by Gasteiger charge is 2.16. The molecule has 1 aromatic heterocycles. The number of methoxy groups -OCH3 is 1. The second kappa shape index (κ2) is 6.06. The van der Waals surface area contributed by atoms with Crippen LogP contribution in [0.5, 0.6) is 5.75 Å². The summed E-state index contributed by atoms with van der Waals surface area (Å²) in [6.45, 7) is 0. The predicted octanol–water partition coefficient (Wildman–Crippen LogP) is 4.45. The maximum absolute atomic E-state index is 10.2. The van der Waals surface area contributed by atoms with Gasteiger partial charge in [-0.05, 0) is 29.1 Å². The molecule has 0 saturated heterocycles. The highest BCUT2D eigenvalue weighted by molar-refractivity contribution is 9.10. The number of aliphatic hydroxyl groups is 1. The Morgan fingerprint density at radius 2 is 2.22 bits per heavy atom. The van der Waals surface area contributed by atoms with Crippen molar-refractivity contribution in [3.05, 3.63) is 49.6 Å². The Balaban J connectivity index is 2.18. The molecule has 0 aliphatic rings. The minimum atomic E-state index is -0.598. The van der Waals surface area contributed by atoms with E-state index in [0.29, 0.717) is 11.4 Å². The molecular weight excluding hydrogens is 336 g/mol. The van der Waals surface area contributed by atoms with Gasteiger partial charge in [0, 0.05) is 15.9 Å². The Kier molecular flexibility index (Phi) is 4.67. The van der Waals surface area contributed by atoms with Gasteiger partial charge in [-0.3, -0.25) is 0 Å². The average molecular weight is 348 g/mol. The van der Waals surface area contributed by atoms with Gasteiger partial charge >= 0.3 is 0 Å². The molecule has 0 bridgehead atoms. The number of rotatable bonds is 4. The van der Waals surface area contributed by atoms with Crippen LogP contribution >= 0.6 is 38.9 Å². The Bertz CT molecular complexity index is 542. The first kappa shape index (κ1) is 13.9. The van der Waals surface area contributed by atoms with E-state index < -0.39 is 6.10 Å². The molecule has 0 aliphatic heterocycles. The van der Waals surface area contributed by atoms with Gasteiger partial charge in [0.15, 0.2) is 0 Å². The maximum Gasteiger partial charge on any atom is 0.135 e. The Morgan fingerprint density at radius 1 is 1.44 bits per heavy atom. The molecule has 1 heterocycles. The van der Waals surface area contributed by atoms with Crippen LogP contribution in [0.2, 0.25) is 5.02 Å². The number of halogens is 2. The molecule has 18 heavy (non-hydrogen) atoms. The number of aliphatic hydroxyl groups excluding tert-OH is 1. The van der Waals surface area contributed by atoms with Crippen molar-refractivity contribution in [2.75, 3.05) is 7.11 Å². The summed E-state index contributed by atoms with van der Waals surface area (Å²) in [6.07, 6.45) is -0.123. The highest BCUT2D eigenvalue weighted by Crippen LogP contribution is 2.34. The van der Waals surface area contributed by atoms with Gasteiger partial charge in [0.2, 0.25) is 0 Å². The van der Waals surface area contributed by atoms with E-state index in [4.69, 9.17) is 16.3 Å². The third-order valence-corrected chi connectivity index (χ3v) is 4.45. The minimum absolute atomic E-state index is 0.475. The lowest BCUT2D eigenvalue weighted by atomic mass is 10.1. The SMILES string of the molecule is COc1ccsc1C(O)Cc1ccc(Br)cc1Cl. The van der Waals surface area contributed by atoms with Crippen molar-refractivity contribution in [3.63, 3.8) is 0 Å². The van der Waals surface area contributed by atoms with Crippen molar-refractivity contribution in [3.8, 4) is 5.75 Å². The molecule has 1 unspecified atom stereocenters. The number of benzene rings is 1. The molecule has 1 atom stereocenters. The van der Waals surface area contributed by atoms with Crippen molar-refractivity contribution in [1.82, 2.24) is 0 Å². The molecule has 5 heteroatoms. The largest absolute Gasteiger partial charge is 0.495 e. The predicted molar refractivity (Wildman–Crippen MR) is 78.7 cm³/mol. The van der Waals surface area contributed by atoms with Crippen LogP contribution in [0.3, 0.4) is 0 Å². The first-order valence-corrected chi connectivity index (χ1v) is 7.40. The highest BCUT2D eigenvalue weighted by atomic mass is 79.9. The summed E-state index contributed by atoms with van der Waals surface area (Å²) in [5.41, 5.74) is 0.919. The lowest BCUT2D eigenvalue weighted by Gasteiger charge is -2.12. The summed E-state index contributed by atoms with van der Waals surface area (Å²) in [6, 6.07) is 7.51. The third-order valence-electron chi connectivity index (χ3n) is 2.61. The number of thiophene rings is 1.